The van der Waals surface area contributed by atoms with E-state index in [4.69, 9.17) is 14.2 Å². The van der Waals surface area contributed by atoms with Gasteiger partial charge in [-0.25, -0.2) is 0 Å². The Morgan fingerprint density at radius 1 is 1.19 bits per heavy atom. The van der Waals surface area contributed by atoms with Crippen molar-refractivity contribution in [2.75, 3.05) is 6.61 Å². The Kier molecular flexibility index (Phi) is 5.73. The van der Waals surface area contributed by atoms with Crippen LogP contribution in [-0.4, -0.2) is 36.5 Å². The molecule has 0 bridgehead atoms. The monoisotopic (exact) mass is 360 g/mol. The van der Waals surface area contributed by atoms with Crippen molar-refractivity contribution in [2.24, 2.45) is 0 Å². The van der Waals surface area contributed by atoms with E-state index in [1.807, 2.05) is 0 Å². The zero-order valence-corrected chi connectivity index (χ0v) is 16.8. The van der Waals surface area contributed by atoms with Crippen LogP contribution in [0.2, 0.25) is 0 Å². The molecule has 1 aliphatic carbocycles. The predicted octanol–water partition coefficient (Wildman–Crippen LogP) is 4.65. The van der Waals surface area contributed by atoms with Crippen molar-refractivity contribution in [3.63, 3.8) is 0 Å². The minimum absolute atomic E-state index is 0.00113. The molecule has 2 aliphatic heterocycles. The first-order valence-corrected chi connectivity index (χ1v) is 9.76. The maximum Gasteiger partial charge on any atom is 0.303 e. The van der Waals surface area contributed by atoms with Crippen LogP contribution >= 0.6 is 0 Å². The third-order valence-electron chi connectivity index (χ3n) is 5.84. The fourth-order valence-corrected chi connectivity index (χ4v) is 4.16. The summed E-state index contributed by atoms with van der Waals surface area (Å²) in [6.07, 6.45) is 9.25. The topological polar surface area (TPSA) is 48.1 Å². The SMILES string of the molecule is CC(=O)O[C@H]1/C=C(\C)CC[C@H]2O[C@]2(C)CCC2=C(C)CO[C@H]2/C=C(\C)C1. The van der Waals surface area contributed by atoms with Crippen LogP contribution in [0.4, 0.5) is 0 Å². The second kappa shape index (κ2) is 7.69. The molecule has 0 aromatic heterocycles. The molecule has 4 heteroatoms. The molecule has 0 saturated carbocycles. The standard InChI is InChI=1S/C22H32O4/c1-14-6-7-21-22(5,26-21)9-8-19-16(3)13-24-20(19)12-15(2)11-18(10-14)25-17(4)23/h10,12,18,20-21H,6-9,11,13H2,1-5H3/b14-10+,15-12+/t18-,20-,21+,22+/m0/s1. The van der Waals surface area contributed by atoms with E-state index in [1.165, 1.54) is 29.2 Å². The van der Waals surface area contributed by atoms with E-state index in [2.05, 4.69) is 39.8 Å². The number of allylic oxidation sites excluding steroid dienone is 1. The lowest BCUT2D eigenvalue weighted by Crippen LogP contribution is -2.17. The first-order valence-electron chi connectivity index (χ1n) is 9.76. The summed E-state index contributed by atoms with van der Waals surface area (Å²) in [6, 6.07) is 0. The Morgan fingerprint density at radius 2 is 1.96 bits per heavy atom. The van der Waals surface area contributed by atoms with Crippen molar-refractivity contribution in [1.29, 1.82) is 0 Å². The predicted molar refractivity (Wildman–Crippen MR) is 102 cm³/mol. The molecule has 0 N–H and O–H groups in total. The van der Waals surface area contributed by atoms with Gasteiger partial charge < -0.3 is 14.2 Å². The second-order valence-corrected chi connectivity index (χ2v) is 8.37. The maximum atomic E-state index is 11.5. The third-order valence-corrected chi connectivity index (χ3v) is 5.84. The smallest absolute Gasteiger partial charge is 0.303 e. The Labute approximate surface area is 157 Å². The highest BCUT2D eigenvalue weighted by atomic mass is 16.6. The van der Waals surface area contributed by atoms with Gasteiger partial charge in [0.15, 0.2) is 0 Å². The van der Waals surface area contributed by atoms with Crippen LogP contribution in [0.5, 0.6) is 0 Å². The average molecular weight is 360 g/mol. The number of epoxide rings is 1. The van der Waals surface area contributed by atoms with E-state index < -0.39 is 0 Å². The number of fused-ring (bicyclic) bond motifs is 2. The molecule has 4 atom stereocenters. The van der Waals surface area contributed by atoms with Gasteiger partial charge in [-0.05, 0) is 70.6 Å². The van der Waals surface area contributed by atoms with Crippen LogP contribution in [0.3, 0.4) is 0 Å². The minimum atomic E-state index is -0.236. The van der Waals surface area contributed by atoms with Gasteiger partial charge in [0.05, 0.1) is 24.4 Å². The van der Waals surface area contributed by atoms with Gasteiger partial charge in [0.25, 0.3) is 0 Å². The van der Waals surface area contributed by atoms with Gasteiger partial charge in [-0.2, -0.15) is 0 Å². The largest absolute Gasteiger partial charge is 0.458 e. The maximum absolute atomic E-state index is 11.5. The fourth-order valence-electron chi connectivity index (χ4n) is 4.16. The number of carbonyl (C=O) groups excluding carboxylic acids is 1. The molecule has 4 nitrogen and oxygen atoms in total. The molecule has 0 spiro atoms. The van der Waals surface area contributed by atoms with Crippen molar-refractivity contribution in [3.8, 4) is 0 Å². The first-order chi connectivity index (χ1) is 12.3. The van der Waals surface area contributed by atoms with Gasteiger partial charge in [-0.3, -0.25) is 4.79 Å². The number of carbonyl (C=O) groups is 1. The van der Waals surface area contributed by atoms with Crippen LogP contribution < -0.4 is 0 Å². The molecule has 1 saturated heterocycles. The zero-order valence-electron chi connectivity index (χ0n) is 16.8. The highest BCUT2D eigenvalue weighted by Gasteiger charge is 2.51. The van der Waals surface area contributed by atoms with Gasteiger partial charge in [-0.15, -0.1) is 0 Å². The molecule has 0 radical (unpaired) electrons. The lowest BCUT2D eigenvalue weighted by Gasteiger charge is -2.18. The molecule has 144 valence electrons. The van der Waals surface area contributed by atoms with E-state index >= 15 is 0 Å². The Balaban J connectivity index is 1.84. The van der Waals surface area contributed by atoms with Crippen LogP contribution in [0.1, 0.15) is 66.7 Å². The Morgan fingerprint density at radius 3 is 2.69 bits per heavy atom. The number of ether oxygens (including phenoxy) is 3. The molecular formula is C22H32O4. The molecule has 2 heterocycles. The molecular weight excluding hydrogens is 328 g/mol. The molecule has 26 heavy (non-hydrogen) atoms. The summed E-state index contributed by atoms with van der Waals surface area (Å²) in [7, 11) is 0. The quantitative estimate of drug-likeness (QED) is 0.388. The summed E-state index contributed by atoms with van der Waals surface area (Å²) in [5.74, 6) is -0.236. The summed E-state index contributed by atoms with van der Waals surface area (Å²) in [6.45, 7) is 10.8. The Bertz CT molecular complexity index is 657. The van der Waals surface area contributed by atoms with E-state index in [-0.39, 0.29) is 23.8 Å². The van der Waals surface area contributed by atoms with E-state index in [9.17, 15) is 4.79 Å². The van der Waals surface area contributed by atoms with Crippen molar-refractivity contribution in [2.45, 2.75) is 90.6 Å². The Hall–Kier alpha value is -1.39. The van der Waals surface area contributed by atoms with Gasteiger partial charge in [0.2, 0.25) is 0 Å². The number of hydrogen-bond donors (Lipinski definition) is 0. The van der Waals surface area contributed by atoms with Gasteiger partial charge >= 0.3 is 5.97 Å². The highest BCUT2D eigenvalue weighted by Crippen LogP contribution is 2.45. The molecule has 3 rings (SSSR count). The number of esters is 1. The summed E-state index contributed by atoms with van der Waals surface area (Å²) in [4.78, 5) is 11.5. The molecule has 3 aliphatic rings. The van der Waals surface area contributed by atoms with Gasteiger partial charge in [0.1, 0.15) is 6.10 Å². The van der Waals surface area contributed by atoms with Crippen molar-refractivity contribution < 1.29 is 19.0 Å². The summed E-state index contributed by atoms with van der Waals surface area (Å²) >= 11 is 0. The molecule has 0 aromatic rings. The van der Waals surface area contributed by atoms with Crippen molar-refractivity contribution in [1.82, 2.24) is 0 Å². The highest BCUT2D eigenvalue weighted by molar-refractivity contribution is 5.66. The van der Waals surface area contributed by atoms with Gasteiger partial charge in [-0.1, -0.05) is 17.2 Å². The van der Waals surface area contributed by atoms with Gasteiger partial charge in [0, 0.05) is 13.3 Å². The van der Waals surface area contributed by atoms with E-state index in [0.717, 1.165) is 25.7 Å². The van der Waals surface area contributed by atoms with E-state index in [0.29, 0.717) is 19.1 Å². The third kappa shape index (κ3) is 4.66. The van der Waals surface area contributed by atoms with Crippen LogP contribution in [0, 0.1) is 0 Å². The normalized spacial score (nSPS) is 39.7. The molecule has 1 fully saturated rings. The first kappa shape index (κ1) is 19.4. The molecule has 0 unspecified atom stereocenters. The van der Waals surface area contributed by atoms with Crippen LogP contribution in [0.25, 0.3) is 0 Å². The van der Waals surface area contributed by atoms with Crippen LogP contribution in [0.15, 0.2) is 34.4 Å². The minimum Gasteiger partial charge on any atom is -0.458 e. The van der Waals surface area contributed by atoms with Crippen LogP contribution in [-0.2, 0) is 19.0 Å². The number of rotatable bonds is 1. The molecule has 0 amide bonds. The second-order valence-electron chi connectivity index (χ2n) is 8.37. The van der Waals surface area contributed by atoms with Crippen molar-refractivity contribution in [3.05, 3.63) is 34.4 Å². The van der Waals surface area contributed by atoms with E-state index in [1.54, 1.807) is 0 Å². The zero-order chi connectivity index (χ0) is 18.9. The van der Waals surface area contributed by atoms with Crippen molar-refractivity contribution >= 4 is 5.97 Å². The average Bonchev–Trinajstić information content (AvgIpc) is 3.06. The molecule has 0 aromatic carbocycles. The lowest BCUT2D eigenvalue weighted by molar-refractivity contribution is -0.144. The fraction of sp³-hybridized carbons (Fsp3) is 0.682. The summed E-state index contributed by atoms with van der Waals surface area (Å²) in [5.41, 5.74) is 5.19. The summed E-state index contributed by atoms with van der Waals surface area (Å²) < 4.78 is 17.6. The lowest BCUT2D eigenvalue weighted by atomic mass is 9.90. The summed E-state index contributed by atoms with van der Waals surface area (Å²) in [5, 5.41) is 0. The number of hydrogen-bond acceptors (Lipinski definition) is 4.